The number of hydrogen-bond donors (Lipinski definition) is 2. The van der Waals surface area contributed by atoms with Gasteiger partial charge in [0.25, 0.3) is 0 Å². The standard InChI is InChI=1S/C17H22N4O.HI/c1-21(15-8-4-3-5-9-15)12-11-19-17(18)20-14-7-6-10-16(13-14)22-2;/h3-10,13H,11-12H2,1-2H3,(H3,18,19,20);1H. The Kier molecular flexibility index (Phi) is 8.25. The smallest absolute Gasteiger partial charge is 0.193 e. The quantitative estimate of drug-likeness (QED) is 0.423. The second kappa shape index (κ2) is 9.94. The summed E-state index contributed by atoms with van der Waals surface area (Å²) in [6.07, 6.45) is 0. The topological polar surface area (TPSA) is 62.9 Å². The van der Waals surface area contributed by atoms with Gasteiger partial charge in [0.15, 0.2) is 5.96 Å². The zero-order valence-corrected chi connectivity index (χ0v) is 15.7. The number of halogens is 1. The first kappa shape index (κ1) is 19.1. The van der Waals surface area contributed by atoms with E-state index in [1.807, 2.05) is 49.5 Å². The third kappa shape index (κ3) is 6.35. The van der Waals surface area contributed by atoms with Gasteiger partial charge in [0.05, 0.1) is 13.7 Å². The summed E-state index contributed by atoms with van der Waals surface area (Å²) in [6.45, 7) is 1.42. The molecule has 0 aliphatic rings. The van der Waals surface area contributed by atoms with Crippen LogP contribution in [0.1, 0.15) is 0 Å². The Bertz CT molecular complexity index is 619. The lowest BCUT2D eigenvalue weighted by Crippen LogP contribution is -2.26. The first-order valence-electron chi connectivity index (χ1n) is 7.16. The van der Waals surface area contributed by atoms with Crippen LogP contribution >= 0.6 is 24.0 Å². The van der Waals surface area contributed by atoms with Crippen molar-refractivity contribution in [1.82, 2.24) is 0 Å². The van der Waals surface area contributed by atoms with Gasteiger partial charge >= 0.3 is 0 Å². The van der Waals surface area contributed by atoms with Crippen LogP contribution < -0.4 is 20.7 Å². The van der Waals surface area contributed by atoms with E-state index in [2.05, 4.69) is 27.3 Å². The molecular formula is C17H23IN4O. The lowest BCUT2D eigenvalue weighted by Gasteiger charge is -2.18. The molecule has 0 heterocycles. The van der Waals surface area contributed by atoms with Crippen LogP contribution in [0.4, 0.5) is 11.4 Å². The average molecular weight is 426 g/mol. The van der Waals surface area contributed by atoms with E-state index in [9.17, 15) is 0 Å². The van der Waals surface area contributed by atoms with E-state index in [0.29, 0.717) is 12.5 Å². The molecule has 0 unspecified atom stereocenters. The molecule has 0 aromatic heterocycles. The summed E-state index contributed by atoms with van der Waals surface area (Å²) < 4.78 is 5.17. The van der Waals surface area contributed by atoms with Crippen molar-refractivity contribution in [3.8, 4) is 5.75 Å². The predicted molar refractivity (Wildman–Crippen MR) is 108 cm³/mol. The lowest BCUT2D eigenvalue weighted by molar-refractivity contribution is 0.415. The molecule has 0 spiro atoms. The number of methoxy groups -OCH3 is 1. The molecule has 0 saturated heterocycles. The van der Waals surface area contributed by atoms with Gasteiger partial charge in [-0.25, -0.2) is 0 Å². The summed E-state index contributed by atoms with van der Waals surface area (Å²) >= 11 is 0. The van der Waals surface area contributed by atoms with Crippen LogP contribution in [-0.4, -0.2) is 33.2 Å². The van der Waals surface area contributed by atoms with Crippen LogP contribution in [0.5, 0.6) is 5.75 Å². The summed E-state index contributed by atoms with van der Waals surface area (Å²) in [6, 6.07) is 17.8. The molecule has 0 aliphatic heterocycles. The minimum Gasteiger partial charge on any atom is -0.497 e. The Morgan fingerprint density at radius 3 is 2.61 bits per heavy atom. The lowest BCUT2D eigenvalue weighted by atomic mass is 10.3. The van der Waals surface area contributed by atoms with Gasteiger partial charge in [-0.15, -0.1) is 24.0 Å². The van der Waals surface area contributed by atoms with Crippen molar-refractivity contribution in [3.63, 3.8) is 0 Å². The van der Waals surface area contributed by atoms with Crippen molar-refractivity contribution in [3.05, 3.63) is 54.6 Å². The molecule has 0 atom stereocenters. The highest BCUT2D eigenvalue weighted by atomic mass is 127. The van der Waals surface area contributed by atoms with E-state index in [1.165, 1.54) is 0 Å². The Morgan fingerprint density at radius 1 is 1.17 bits per heavy atom. The average Bonchev–Trinajstić information content (AvgIpc) is 2.55. The third-order valence-corrected chi connectivity index (χ3v) is 3.26. The number of guanidine groups is 1. The first-order chi connectivity index (χ1) is 10.7. The summed E-state index contributed by atoms with van der Waals surface area (Å²) in [4.78, 5) is 6.48. The zero-order chi connectivity index (χ0) is 15.8. The van der Waals surface area contributed by atoms with Gasteiger partial charge in [0, 0.05) is 31.0 Å². The van der Waals surface area contributed by atoms with Crippen molar-refractivity contribution < 1.29 is 4.74 Å². The van der Waals surface area contributed by atoms with E-state index in [1.54, 1.807) is 7.11 Å². The van der Waals surface area contributed by atoms with Crippen LogP contribution in [-0.2, 0) is 0 Å². The number of anilines is 2. The van der Waals surface area contributed by atoms with Crippen molar-refractivity contribution >= 4 is 41.3 Å². The molecule has 5 nitrogen and oxygen atoms in total. The molecule has 2 rings (SSSR count). The Morgan fingerprint density at radius 2 is 1.91 bits per heavy atom. The van der Waals surface area contributed by atoms with Crippen LogP contribution in [0.2, 0.25) is 0 Å². The molecule has 0 aliphatic carbocycles. The van der Waals surface area contributed by atoms with Gasteiger partial charge in [-0.3, -0.25) is 4.99 Å². The number of likely N-dealkylation sites (N-methyl/N-ethyl adjacent to an activating group) is 1. The van der Waals surface area contributed by atoms with Crippen LogP contribution in [0, 0.1) is 0 Å². The molecule has 2 aromatic rings. The zero-order valence-electron chi connectivity index (χ0n) is 13.4. The van der Waals surface area contributed by atoms with Gasteiger partial charge in [0.2, 0.25) is 0 Å². The number of ether oxygens (including phenoxy) is 1. The Labute approximate surface area is 154 Å². The maximum atomic E-state index is 5.90. The second-order valence-corrected chi connectivity index (χ2v) is 4.88. The van der Waals surface area contributed by atoms with Gasteiger partial charge < -0.3 is 20.7 Å². The Balaban J connectivity index is 0.00000264. The number of nitrogens with one attached hydrogen (secondary N) is 1. The highest BCUT2D eigenvalue weighted by Crippen LogP contribution is 2.16. The van der Waals surface area contributed by atoms with Gasteiger partial charge in [0.1, 0.15) is 5.75 Å². The van der Waals surface area contributed by atoms with Crippen molar-refractivity contribution in [2.24, 2.45) is 10.7 Å². The number of rotatable bonds is 6. The minimum absolute atomic E-state index is 0. The minimum atomic E-state index is 0. The van der Waals surface area contributed by atoms with Crippen molar-refractivity contribution in [1.29, 1.82) is 0 Å². The maximum absolute atomic E-state index is 5.90. The fraction of sp³-hybridized carbons (Fsp3) is 0.235. The van der Waals surface area contributed by atoms with Crippen LogP contribution in [0.3, 0.4) is 0 Å². The monoisotopic (exact) mass is 426 g/mol. The number of benzene rings is 2. The number of para-hydroxylation sites is 1. The first-order valence-corrected chi connectivity index (χ1v) is 7.16. The van der Waals surface area contributed by atoms with E-state index in [-0.39, 0.29) is 24.0 Å². The number of hydrogen-bond acceptors (Lipinski definition) is 3. The summed E-state index contributed by atoms with van der Waals surface area (Å²) in [5, 5.41) is 3.06. The molecule has 0 saturated carbocycles. The molecule has 0 bridgehead atoms. The fourth-order valence-corrected chi connectivity index (χ4v) is 2.02. The van der Waals surface area contributed by atoms with Gasteiger partial charge in [-0.05, 0) is 24.3 Å². The molecule has 6 heteroatoms. The number of aliphatic imine (C=N–C) groups is 1. The van der Waals surface area contributed by atoms with E-state index in [0.717, 1.165) is 23.7 Å². The normalized spacial score (nSPS) is 10.6. The largest absolute Gasteiger partial charge is 0.497 e. The SMILES string of the molecule is COc1cccc(NC(N)=NCCN(C)c2ccccc2)c1.I. The molecular weight excluding hydrogens is 403 g/mol. The molecule has 0 radical (unpaired) electrons. The van der Waals surface area contributed by atoms with Crippen LogP contribution in [0.25, 0.3) is 0 Å². The molecule has 23 heavy (non-hydrogen) atoms. The fourth-order valence-electron chi connectivity index (χ4n) is 2.02. The van der Waals surface area contributed by atoms with Crippen LogP contribution in [0.15, 0.2) is 59.6 Å². The molecule has 2 aromatic carbocycles. The second-order valence-electron chi connectivity index (χ2n) is 4.88. The summed E-state index contributed by atoms with van der Waals surface area (Å²) in [7, 11) is 3.67. The number of nitrogens with zero attached hydrogens (tertiary/aromatic N) is 2. The van der Waals surface area contributed by atoms with Crippen molar-refractivity contribution in [2.45, 2.75) is 0 Å². The van der Waals surface area contributed by atoms with E-state index >= 15 is 0 Å². The summed E-state index contributed by atoms with van der Waals surface area (Å²) in [5.41, 5.74) is 7.92. The highest BCUT2D eigenvalue weighted by Gasteiger charge is 2.00. The molecule has 124 valence electrons. The molecule has 0 amide bonds. The maximum Gasteiger partial charge on any atom is 0.193 e. The van der Waals surface area contributed by atoms with E-state index < -0.39 is 0 Å². The van der Waals surface area contributed by atoms with Gasteiger partial charge in [-0.2, -0.15) is 0 Å². The number of nitrogens with two attached hydrogens (primary N) is 1. The van der Waals surface area contributed by atoms with Gasteiger partial charge in [-0.1, -0.05) is 24.3 Å². The molecule has 3 N–H and O–H groups in total. The Hall–Kier alpha value is -1.96. The van der Waals surface area contributed by atoms with Crippen molar-refractivity contribution in [2.75, 3.05) is 37.5 Å². The third-order valence-electron chi connectivity index (χ3n) is 3.26. The highest BCUT2D eigenvalue weighted by molar-refractivity contribution is 14.0. The summed E-state index contributed by atoms with van der Waals surface area (Å²) in [5.74, 6) is 1.18. The predicted octanol–water partition coefficient (Wildman–Crippen LogP) is 3.18. The van der Waals surface area contributed by atoms with E-state index in [4.69, 9.17) is 10.5 Å². The molecule has 0 fully saturated rings.